The van der Waals surface area contributed by atoms with Crippen LogP contribution in [-0.4, -0.2) is 28.8 Å². The van der Waals surface area contributed by atoms with Crippen molar-refractivity contribution in [3.05, 3.63) is 144 Å². The molecular formula is C38H30N4O4S. The van der Waals surface area contributed by atoms with Gasteiger partial charge in [-0.3, -0.25) is 9.36 Å². The Bertz CT molecular complexity index is 2480. The Kier molecular flexibility index (Phi) is 7.80. The van der Waals surface area contributed by atoms with E-state index in [1.165, 1.54) is 11.3 Å². The lowest BCUT2D eigenvalue weighted by Crippen LogP contribution is -2.40. The summed E-state index contributed by atoms with van der Waals surface area (Å²) in [6.07, 6.45) is 3.90. The van der Waals surface area contributed by atoms with Crippen molar-refractivity contribution in [2.75, 3.05) is 13.7 Å². The highest BCUT2D eigenvalue weighted by molar-refractivity contribution is 7.07. The van der Waals surface area contributed by atoms with E-state index in [0.29, 0.717) is 44.0 Å². The second-order valence-corrected chi connectivity index (χ2v) is 12.2. The van der Waals surface area contributed by atoms with E-state index in [9.17, 15) is 14.9 Å². The maximum atomic E-state index is 14.5. The average molecular weight is 639 g/mol. The molecule has 0 saturated heterocycles. The van der Waals surface area contributed by atoms with Crippen LogP contribution in [0.25, 0.3) is 27.8 Å². The number of rotatable bonds is 7. The molecule has 1 aliphatic heterocycles. The van der Waals surface area contributed by atoms with Gasteiger partial charge in [0.05, 0.1) is 41.2 Å². The highest BCUT2D eigenvalue weighted by Gasteiger charge is 2.36. The molecule has 0 unspecified atom stereocenters. The number of ether oxygens (including phenoxy) is 2. The first-order valence-electron chi connectivity index (χ1n) is 15.2. The minimum atomic E-state index is -0.822. The second kappa shape index (κ2) is 12.2. The number of hydrogen-bond donors (Lipinski definition) is 0. The molecule has 0 bridgehead atoms. The van der Waals surface area contributed by atoms with Gasteiger partial charge in [0.25, 0.3) is 5.56 Å². The third-order valence-corrected chi connectivity index (χ3v) is 9.51. The van der Waals surface area contributed by atoms with E-state index in [0.717, 1.165) is 32.8 Å². The number of benzene rings is 4. The molecule has 0 fully saturated rings. The Balaban J connectivity index is 1.45. The lowest BCUT2D eigenvalue weighted by Gasteiger charge is -2.27. The van der Waals surface area contributed by atoms with Gasteiger partial charge in [0.1, 0.15) is 11.8 Å². The molecule has 232 valence electrons. The predicted octanol–water partition coefficient (Wildman–Crippen LogP) is 5.83. The molecule has 2 aromatic heterocycles. The van der Waals surface area contributed by atoms with Crippen LogP contribution in [0.5, 0.6) is 5.75 Å². The van der Waals surface area contributed by atoms with E-state index in [2.05, 4.69) is 10.6 Å². The number of esters is 1. The number of thiazole rings is 1. The quantitative estimate of drug-likeness (QED) is 0.205. The summed E-state index contributed by atoms with van der Waals surface area (Å²) < 4.78 is 15.6. The van der Waals surface area contributed by atoms with E-state index >= 15 is 0 Å². The molecule has 6 aromatic rings. The topological polar surface area (TPSA) is 98.6 Å². The number of hydrogen-bond acceptors (Lipinski definition) is 7. The van der Waals surface area contributed by atoms with Crippen LogP contribution in [0, 0.1) is 11.3 Å². The maximum absolute atomic E-state index is 14.5. The van der Waals surface area contributed by atoms with Crippen molar-refractivity contribution < 1.29 is 14.3 Å². The maximum Gasteiger partial charge on any atom is 0.338 e. The molecule has 9 heteroatoms. The van der Waals surface area contributed by atoms with Crippen molar-refractivity contribution in [1.29, 1.82) is 5.26 Å². The molecule has 3 heterocycles. The standard InChI is InChI=1S/C38H30N4O4S/c1-4-46-37(44)33-23(2)40-38-42(35(33)34-29-15-8-7-11-24(29)17-18-31(34)45-3)36(43)32(47-38)19-27-22-41(30-16-10-9-14-28(27)30)21-26-13-6-5-12-25(26)20-39/h5-19,22,35H,4,21H2,1-3H3/b32-19+/t35-/m1/s1. The molecule has 47 heavy (non-hydrogen) atoms. The second-order valence-electron chi connectivity index (χ2n) is 11.2. The Morgan fingerprint density at radius 1 is 1.02 bits per heavy atom. The van der Waals surface area contributed by atoms with Gasteiger partial charge in [0.15, 0.2) is 4.80 Å². The molecule has 0 amide bonds. The number of fused-ring (bicyclic) bond motifs is 3. The third-order valence-electron chi connectivity index (χ3n) is 8.53. The van der Waals surface area contributed by atoms with E-state index in [4.69, 9.17) is 14.5 Å². The Morgan fingerprint density at radius 2 is 1.77 bits per heavy atom. The Labute approximate surface area is 274 Å². The minimum absolute atomic E-state index is 0.183. The van der Waals surface area contributed by atoms with Crippen LogP contribution in [0.2, 0.25) is 0 Å². The lowest BCUT2D eigenvalue weighted by atomic mass is 9.90. The highest BCUT2D eigenvalue weighted by Crippen LogP contribution is 2.40. The summed E-state index contributed by atoms with van der Waals surface area (Å²) in [5, 5.41) is 12.5. The Morgan fingerprint density at radius 3 is 2.55 bits per heavy atom. The number of allylic oxidation sites excluding steroid dienone is 1. The van der Waals surface area contributed by atoms with Crippen LogP contribution in [0.4, 0.5) is 0 Å². The van der Waals surface area contributed by atoms with E-state index in [1.807, 2.05) is 97.2 Å². The van der Waals surface area contributed by atoms with Gasteiger partial charge in [-0.1, -0.05) is 78.1 Å². The van der Waals surface area contributed by atoms with Crippen molar-refractivity contribution in [3.63, 3.8) is 0 Å². The number of carbonyl (C=O) groups is 1. The molecule has 1 aliphatic rings. The van der Waals surface area contributed by atoms with Crippen molar-refractivity contribution in [1.82, 2.24) is 9.13 Å². The zero-order valence-electron chi connectivity index (χ0n) is 26.1. The monoisotopic (exact) mass is 638 g/mol. The van der Waals surface area contributed by atoms with Crippen LogP contribution in [0.3, 0.4) is 0 Å². The van der Waals surface area contributed by atoms with Gasteiger partial charge in [-0.05, 0) is 54.5 Å². The van der Waals surface area contributed by atoms with Gasteiger partial charge in [0.2, 0.25) is 0 Å². The molecule has 0 aliphatic carbocycles. The minimum Gasteiger partial charge on any atom is -0.496 e. The van der Waals surface area contributed by atoms with Gasteiger partial charge in [-0.25, -0.2) is 9.79 Å². The number of nitriles is 1. The molecule has 0 radical (unpaired) electrons. The van der Waals surface area contributed by atoms with Gasteiger partial charge in [-0.15, -0.1) is 0 Å². The van der Waals surface area contributed by atoms with Crippen LogP contribution < -0.4 is 19.6 Å². The zero-order chi connectivity index (χ0) is 32.7. The zero-order valence-corrected chi connectivity index (χ0v) is 26.9. The SMILES string of the molecule is CCOC(=O)C1=C(C)N=c2s/c(=C/c3cn(Cc4ccccc4C#N)c4ccccc34)c(=O)n2[C@H]1c1c(OC)ccc2ccccc12. The van der Waals surface area contributed by atoms with E-state index < -0.39 is 12.0 Å². The summed E-state index contributed by atoms with van der Waals surface area (Å²) in [7, 11) is 1.59. The van der Waals surface area contributed by atoms with E-state index in [-0.39, 0.29) is 12.2 Å². The molecule has 4 aromatic carbocycles. The number of nitrogens with zero attached hydrogens (tertiary/aromatic N) is 4. The first-order chi connectivity index (χ1) is 22.9. The van der Waals surface area contributed by atoms with Crippen LogP contribution in [0.15, 0.2) is 112 Å². The normalized spacial score (nSPS) is 14.6. The van der Waals surface area contributed by atoms with Crippen molar-refractivity contribution in [3.8, 4) is 11.8 Å². The average Bonchev–Trinajstić information content (AvgIpc) is 3.59. The summed E-state index contributed by atoms with van der Waals surface area (Å²) in [6, 6.07) is 28.7. The van der Waals surface area contributed by atoms with Gasteiger partial charge in [-0.2, -0.15) is 5.26 Å². The number of para-hydroxylation sites is 1. The fourth-order valence-corrected chi connectivity index (χ4v) is 7.45. The molecule has 0 spiro atoms. The Hall–Kier alpha value is -5.72. The molecule has 0 saturated carbocycles. The fraction of sp³-hybridized carbons (Fsp3) is 0.158. The van der Waals surface area contributed by atoms with Crippen molar-refractivity contribution >= 4 is 45.1 Å². The first kappa shape index (κ1) is 30.0. The first-order valence-corrected chi connectivity index (χ1v) is 16.1. The summed E-state index contributed by atoms with van der Waals surface area (Å²) in [6.45, 7) is 4.22. The fourth-order valence-electron chi connectivity index (χ4n) is 6.41. The van der Waals surface area contributed by atoms with Gasteiger partial charge < -0.3 is 14.0 Å². The summed E-state index contributed by atoms with van der Waals surface area (Å²) >= 11 is 1.28. The largest absolute Gasteiger partial charge is 0.496 e. The number of carbonyl (C=O) groups excluding carboxylic acids is 1. The predicted molar refractivity (Wildman–Crippen MR) is 183 cm³/mol. The molecule has 8 nitrogen and oxygen atoms in total. The molecule has 7 rings (SSSR count). The number of methoxy groups -OCH3 is 1. The molecule has 1 atom stereocenters. The summed E-state index contributed by atoms with van der Waals surface area (Å²) in [4.78, 5) is 33.3. The lowest BCUT2D eigenvalue weighted by molar-refractivity contribution is -0.139. The number of aromatic nitrogens is 2. The van der Waals surface area contributed by atoms with Crippen LogP contribution in [-0.2, 0) is 16.1 Å². The summed E-state index contributed by atoms with van der Waals surface area (Å²) in [5.41, 5.74) is 4.60. The van der Waals surface area contributed by atoms with Crippen LogP contribution >= 0.6 is 11.3 Å². The van der Waals surface area contributed by atoms with Crippen molar-refractivity contribution in [2.24, 2.45) is 4.99 Å². The summed E-state index contributed by atoms with van der Waals surface area (Å²) in [5.74, 6) is 0.0317. The van der Waals surface area contributed by atoms with E-state index in [1.54, 1.807) is 25.5 Å². The highest BCUT2D eigenvalue weighted by atomic mass is 32.1. The van der Waals surface area contributed by atoms with Crippen molar-refractivity contribution in [2.45, 2.75) is 26.4 Å². The molecule has 0 N–H and O–H groups in total. The smallest absolute Gasteiger partial charge is 0.338 e. The third kappa shape index (κ3) is 5.13. The van der Waals surface area contributed by atoms with Crippen LogP contribution in [0.1, 0.15) is 42.1 Å². The van der Waals surface area contributed by atoms with Gasteiger partial charge in [0, 0.05) is 34.8 Å². The van der Waals surface area contributed by atoms with Gasteiger partial charge >= 0.3 is 5.97 Å². The molecular weight excluding hydrogens is 609 g/mol.